The van der Waals surface area contributed by atoms with E-state index in [0.29, 0.717) is 6.42 Å². The second-order valence-corrected chi connectivity index (χ2v) is 6.14. The lowest BCUT2D eigenvalue weighted by Gasteiger charge is -2.16. The zero-order valence-electron chi connectivity index (χ0n) is 11.7. The van der Waals surface area contributed by atoms with Gasteiger partial charge in [0.1, 0.15) is 16.1 Å². The maximum atomic E-state index is 9.10. The smallest absolute Gasteiger partial charge is 0.112 e. The highest BCUT2D eigenvalue weighted by molar-refractivity contribution is 9.10. The lowest BCUT2D eigenvalue weighted by atomic mass is 9.90. The summed E-state index contributed by atoms with van der Waals surface area (Å²) < 4.78 is 2.99. The molecule has 1 aliphatic carbocycles. The molecule has 0 unspecified atom stereocenters. The van der Waals surface area contributed by atoms with E-state index in [1.807, 2.05) is 11.6 Å². The first-order valence-electron chi connectivity index (χ1n) is 7.15. The average Bonchev–Trinajstić information content (AvgIpc) is 2.76. The molecule has 0 saturated heterocycles. The molecule has 0 amide bonds. The third kappa shape index (κ3) is 2.42. The summed E-state index contributed by atoms with van der Waals surface area (Å²) in [5.41, 5.74) is 5.10. The highest BCUT2D eigenvalue weighted by atomic mass is 79.9. The van der Waals surface area contributed by atoms with E-state index in [2.05, 4.69) is 39.1 Å². The Bertz CT molecular complexity index is 634. The lowest BCUT2D eigenvalue weighted by molar-refractivity contribution is 0.295. The van der Waals surface area contributed by atoms with Crippen LogP contribution in [0.15, 0.2) is 22.8 Å². The third-order valence-electron chi connectivity index (χ3n) is 4.08. The van der Waals surface area contributed by atoms with Crippen LogP contribution < -0.4 is 0 Å². The van der Waals surface area contributed by atoms with E-state index in [1.165, 1.54) is 36.8 Å². The molecular formula is C16H19BrN2O. The van der Waals surface area contributed by atoms with Gasteiger partial charge in [0.25, 0.3) is 0 Å². The standard InChI is InChI=1S/C16H19BrN2O/c1-19-14(8-9-20)18-15(16(19)17)13-7-6-11-4-2-3-5-12(11)10-13/h6-7,10,20H,2-5,8-9H2,1H3. The lowest BCUT2D eigenvalue weighted by Crippen LogP contribution is -2.02. The molecule has 3 nitrogen and oxygen atoms in total. The van der Waals surface area contributed by atoms with Crippen molar-refractivity contribution in [2.24, 2.45) is 7.05 Å². The second kappa shape index (κ2) is 5.70. The quantitative estimate of drug-likeness (QED) is 0.935. The Hall–Kier alpha value is -1.13. The van der Waals surface area contributed by atoms with Gasteiger partial charge in [-0.1, -0.05) is 12.1 Å². The number of aromatic nitrogens is 2. The zero-order valence-corrected chi connectivity index (χ0v) is 13.3. The molecule has 0 saturated carbocycles. The Morgan fingerprint density at radius 2 is 2.00 bits per heavy atom. The van der Waals surface area contributed by atoms with Gasteiger partial charge in [-0.3, -0.25) is 0 Å². The van der Waals surface area contributed by atoms with E-state index in [0.717, 1.165) is 21.7 Å². The van der Waals surface area contributed by atoms with E-state index in [1.54, 1.807) is 0 Å². The summed E-state index contributed by atoms with van der Waals surface area (Å²) in [7, 11) is 1.98. The van der Waals surface area contributed by atoms with Crippen LogP contribution in [0.2, 0.25) is 0 Å². The molecule has 0 radical (unpaired) electrons. The van der Waals surface area contributed by atoms with Gasteiger partial charge in [0, 0.05) is 19.0 Å². The van der Waals surface area contributed by atoms with E-state index in [4.69, 9.17) is 5.11 Å². The number of rotatable bonds is 3. The van der Waals surface area contributed by atoms with Crippen LogP contribution in [0.25, 0.3) is 11.3 Å². The van der Waals surface area contributed by atoms with Crippen molar-refractivity contribution < 1.29 is 5.11 Å². The monoisotopic (exact) mass is 334 g/mol. The van der Waals surface area contributed by atoms with Crippen molar-refractivity contribution in [2.45, 2.75) is 32.1 Å². The molecular weight excluding hydrogens is 316 g/mol. The van der Waals surface area contributed by atoms with E-state index in [9.17, 15) is 0 Å². The van der Waals surface area contributed by atoms with E-state index in [-0.39, 0.29) is 6.61 Å². The Kier molecular flexibility index (Phi) is 3.94. The predicted molar refractivity (Wildman–Crippen MR) is 83.8 cm³/mol. The Morgan fingerprint density at radius 1 is 1.25 bits per heavy atom. The van der Waals surface area contributed by atoms with Gasteiger partial charge in [-0.15, -0.1) is 0 Å². The first kappa shape index (κ1) is 13.8. The minimum Gasteiger partial charge on any atom is -0.396 e. The molecule has 2 aromatic rings. The highest BCUT2D eigenvalue weighted by Gasteiger charge is 2.16. The number of aryl methyl sites for hydroxylation is 2. The Balaban J connectivity index is 2.02. The molecule has 0 atom stereocenters. The van der Waals surface area contributed by atoms with Crippen molar-refractivity contribution in [1.29, 1.82) is 0 Å². The van der Waals surface area contributed by atoms with Crippen LogP contribution in [-0.4, -0.2) is 21.3 Å². The van der Waals surface area contributed by atoms with Gasteiger partial charge in [0.15, 0.2) is 0 Å². The first-order chi connectivity index (χ1) is 9.70. The molecule has 106 valence electrons. The van der Waals surface area contributed by atoms with Gasteiger partial charge in [-0.05, 0) is 58.8 Å². The predicted octanol–water partition coefficient (Wildman–Crippen LogP) is 3.26. The van der Waals surface area contributed by atoms with Gasteiger partial charge in [0.05, 0.1) is 6.61 Å². The van der Waals surface area contributed by atoms with Crippen molar-refractivity contribution in [3.05, 3.63) is 39.8 Å². The number of aliphatic hydroxyl groups is 1. The number of benzene rings is 1. The van der Waals surface area contributed by atoms with E-state index >= 15 is 0 Å². The molecule has 1 aromatic heterocycles. The summed E-state index contributed by atoms with van der Waals surface area (Å²) in [6.07, 6.45) is 5.56. The Labute approximate surface area is 127 Å². The molecule has 4 heteroatoms. The van der Waals surface area contributed by atoms with Gasteiger partial charge >= 0.3 is 0 Å². The van der Waals surface area contributed by atoms with Crippen molar-refractivity contribution in [3.63, 3.8) is 0 Å². The normalized spacial score (nSPS) is 14.3. The highest BCUT2D eigenvalue weighted by Crippen LogP contribution is 2.31. The van der Waals surface area contributed by atoms with Crippen molar-refractivity contribution in [1.82, 2.24) is 9.55 Å². The summed E-state index contributed by atoms with van der Waals surface area (Å²) in [6, 6.07) is 6.70. The maximum Gasteiger partial charge on any atom is 0.112 e. The van der Waals surface area contributed by atoms with Crippen molar-refractivity contribution >= 4 is 15.9 Å². The molecule has 1 N–H and O–H groups in total. The number of hydrogen-bond acceptors (Lipinski definition) is 2. The zero-order chi connectivity index (χ0) is 14.1. The molecule has 3 rings (SSSR count). The van der Waals surface area contributed by atoms with Crippen LogP contribution in [0.3, 0.4) is 0 Å². The molecule has 0 bridgehead atoms. The molecule has 1 heterocycles. The number of hydrogen-bond donors (Lipinski definition) is 1. The van der Waals surface area contributed by atoms with Crippen LogP contribution in [0.4, 0.5) is 0 Å². The SMILES string of the molecule is Cn1c(CCO)nc(-c2ccc3c(c2)CCCC3)c1Br. The fraction of sp³-hybridized carbons (Fsp3) is 0.438. The number of imidazole rings is 1. The molecule has 1 aromatic carbocycles. The molecule has 0 fully saturated rings. The minimum atomic E-state index is 0.126. The molecule has 0 spiro atoms. The van der Waals surface area contributed by atoms with Gasteiger partial charge in [0.2, 0.25) is 0 Å². The first-order valence-corrected chi connectivity index (χ1v) is 7.94. The van der Waals surface area contributed by atoms with Crippen LogP contribution in [0, 0.1) is 0 Å². The minimum absolute atomic E-state index is 0.126. The van der Waals surface area contributed by atoms with Crippen LogP contribution in [0.5, 0.6) is 0 Å². The second-order valence-electron chi connectivity index (χ2n) is 5.39. The van der Waals surface area contributed by atoms with Gasteiger partial charge < -0.3 is 9.67 Å². The van der Waals surface area contributed by atoms with Crippen molar-refractivity contribution in [3.8, 4) is 11.3 Å². The molecule has 20 heavy (non-hydrogen) atoms. The van der Waals surface area contributed by atoms with Crippen LogP contribution >= 0.6 is 15.9 Å². The Morgan fingerprint density at radius 3 is 2.75 bits per heavy atom. The molecule has 1 aliphatic rings. The maximum absolute atomic E-state index is 9.10. The largest absolute Gasteiger partial charge is 0.396 e. The number of nitrogens with zero attached hydrogens (tertiary/aromatic N) is 2. The topological polar surface area (TPSA) is 38.0 Å². The van der Waals surface area contributed by atoms with Crippen LogP contribution in [0.1, 0.15) is 29.8 Å². The number of halogens is 1. The molecule has 0 aliphatic heterocycles. The van der Waals surface area contributed by atoms with Crippen molar-refractivity contribution in [2.75, 3.05) is 6.61 Å². The summed E-state index contributed by atoms with van der Waals surface area (Å²) >= 11 is 3.62. The average molecular weight is 335 g/mol. The number of aliphatic hydroxyl groups excluding tert-OH is 1. The van der Waals surface area contributed by atoms with E-state index < -0.39 is 0 Å². The third-order valence-corrected chi connectivity index (χ3v) is 4.98. The van der Waals surface area contributed by atoms with Crippen LogP contribution in [-0.2, 0) is 26.3 Å². The van der Waals surface area contributed by atoms with Gasteiger partial charge in [-0.2, -0.15) is 0 Å². The summed E-state index contributed by atoms with van der Waals surface area (Å²) in [5, 5.41) is 9.10. The fourth-order valence-electron chi connectivity index (χ4n) is 2.91. The summed E-state index contributed by atoms with van der Waals surface area (Å²) in [4.78, 5) is 4.67. The fourth-order valence-corrected chi connectivity index (χ4v) is 3.43. The summed E-state index contributed by atoms with van der Waals surface area (Å²) in [5.74, 6) is 0.909. The van der Waals surface area contributed by atoms with Gasteiger partial charge in [-0.25, -0.2) is 4.98 Å². The summed E-state index contributed by atoms with van der Waals surface area (Å²) in [6.45, 7) is 0.126. The number of fused-ring (bicyclic) bond motifs is 1.